The number of benzene rings is 1. The fourth-order valence-corrected chi connectivity index (χ4v) is 1.73. The minimum Gasteiger partial charge on any atom is -0.490 e. The Kier molecular flexibility index (Phi) is 6.12. The quantitative estimate of drug-likeness (QED) is 0.735. The van der Waals surface area contributed by atoms with Gasteiger partial charge in [-0.15, -0.1) is 0 Å². The number of nitrogens with two attached hydrogens (primary N) is 1. The van der Waals surface area contributed by atoms with E-state index >= 15 is 0 Å². The number of nitrogen functional groups attached to an aromatic ring is 1. The van der Waals surface area contributed by atoms with Gasteiger partial charge < -0.3 is 24.7 Å². The first-order valence-corrected chi connectivity index (χ1v) is 6.67. The Labute approximate surface area is 114 Å². The van der Waals surface area contributed by atoms with Crippen LogP contribution in [0.25, 0.3) is 0 Å². The van der Waals surface area contributed by atoms with Crippen molar-refractivity contribution in [3.8, 4) is 23.0 Å². The fourth-order valence-electron chi connectivity index (χ4n) is 1.73. The molecule has 0 spiro atoms. The highest BCUT2D eigenvalue weighted by Gasteiger charge is 2.20. The Morgan fingerprint density at radius 3 is 1.42 bits per heavy atom. The van der Waals surface area contributed by atoms with Crippen LogP contribution in [0.15, 0.2) is 6.07 Å². The molecule has 5 nitrogen and oxygen atoms in total. The smallest absolute Gasteiger partial charge is 0.188 e. The lowest BCUT2D eigenvalue weighted by molar-refractivity contribution is 0.268. The molecule has 0 fully saturated rings. The summed E-state index contributed by atoms with van der Waals surface area (Å²) in [6.07, 6.45) is 0. The molecule has 0 heterocycles. The molecule has 0 amide bonds. The van der Waals surface area contributed by atoms with Crippen LogP contribution in [0.2, 0.25) is 0 Å². The second-order valence-electron chi connectivity index (χ2n) is 3.68. The molecule has 0 aliphatic carbocycles. The molecule has 108 valence electrons. The van der Waals surface area contributed by atoms with Crippen molar-refractivity contribution in [3.05, 3.63) is 6.07 Å². The van der Waals surface area contributed by atoms with Gasteiger partial charge in [0.1, 0.15) is 5.69 Å². The monoisotopic (exact) mass is 269 g/mol. The average molecular weight is 269 g/mol. The third kappa shape index (κ3) is 3.59. The molecule has 0 radical (unpaired) electrons. The fraction of sp³-hybridized carbons (Fsp3) is 0.571. The molecule has 1 rings (SSSR count). The standard InChI is InChI=1S/C14H23NO4/c1-5-16-10-9-11(17-6-2)14(19-8-4)12(15)13(10)18-7-3/h9H,5-8,15H2,1-4H3. The summed E-state index contributed by atoms with van der Waals surface area (Å²) in [5, 5.41) is 0. The van der Waals surface area contributed by atoms with Crippen molar-refractivity contribution in [1.82, 2.24) is 0 Å². The first-order valence-electron chi connectivity index (χ1n) is 6.67. The van der Waals surface area contributed by atoms with Crippen LogP contribution >= 0.6 is 0 Å². The first kappa shape index (κ1) is 15.3. The van der Waals surface area contributed by atoms with Crippen molar-refractivity contribution in [1.29, 1.82) is 0 Å². The number of hydrogen-bond acceptors (Lipinski definition) is 5. The Hall–Kier alpha value is -1.78. The maximum absolute atomic E-state index is 6.11. The van der Waals surface area contributed by atoms with Gasteiger partial charge in [0, 0.05) is 6.07 Å². The SMILES string of the molecule is CCOc1cc(OCC)c(OCC)c(N)c1OCC. The third-order valence-corrected chi connectivity index (χ3v) is 2.38. The van der Waals surface area contributed by atoms with Gasteiger partial charge in [-0.1, -0.05) is 0 Å². The van der Waals surface area contributed by atoms with Gasteiger partial charge in [0.2, 0.25) is 0 Å². The topological polar surface area (TPSA) is 62.9 Å². The normalized spacial score (nSPS) is 10.1. The van der Waals surface area contributed by atoms with E-state index in [4.69, 9.17) is 24.7 Å². The van der Waals surface area contributed by atoms with Crippen molar-refractivity contribution in [2.75, 3.05) is 32.2 Å². The molecule has 2 N–H and O–H groups in total. The molecule has 1 aromatic carbocycles. The van der Waals surface area contributed by atoms with Crippen LogP contribution in [0.4, 0.5) is 5.69 Å². The first-order chi connectivity index (χ1) is 9.19. The molecule has 0 aliphatic heterocycles. The molecule has 1 aromatic rings. The minimum absolute atomic E-state index is 0.415. The van der Waals surface area contributed by atoms with E-state index in [0.29, 0.717) is 55.1 Å². The maximum Gasteiger partial charge on any atom is 0.188 e. The second kappa shape index (κ2) is 7.61. The molecule has 0 saturated carbocycles. The number of hydrogen-bond donors (Lipinski definition) is 1. The highest BCUT2D eigenvalue weighted by Crippen LogP contribution is 2.47. The summed E-state index contributed by atoms with van der Waals surface area (Å²) in [6, 6.07) is 1.76. The Morgan fingerprint density at radius 1 is 0.737 bits per heavy atom. The summed E-state index contributed by atoms with van der Waals surface area (Å²) in [6.45, 7) is 9.66. The zero-order valence-corrected chi connectivity index (χ0v) is 12.1. The van der Waals surface area contributed by atoms with Crippen LogP contribution in [0.3, 0.4) is 0 Å². The summed E-state index contributed by atoms with van der Waals surface area (Å²) in [5.74, 6) is 2.18. The van der Waals surface area contributed by atoms with Gasteiger partial charge in [-0.05, 0) is 27.7 Å². The van der Waals surface area contributed by atoms with Crippen molar-refractivity contribution >= 4 is 5.69 Å². The van der Waals surface area contributed by atoms with Gasteiger partial charge in [0.05, 0.1) is 26.4 Å². The lowest BCUT2D eigenvalue weighted by Gasteiger charge is -2.19. The summed E-state index contributed by atoms with van der Waals surface area (Å²) in [7, 11) is 0. The molecule has 0 saturated heterocycles. The van der Waals surface area contributed by atoms with E-state index in [1.807, 2.05) is 27.7 Å². The van der Waals surface area contributed by atoms with Crippen LogP contribution in [0, 0.1) is 0 Å². The van der Waals surface area contributed by atoms with Gasteiger partial charge in [-0.25, -0.2) is 0 Å². The summed E-state index contributed by atoms with van der Waals surface area (Å²) in [4.78, 5) is 0. The van der Waals surface area contributed by atoms with E-state index in [9.17, 15) is 0 Å². The average Bonchev–Trinajstić information content (AvgIpc) is 2.39. The minimum atomic E-state index is 0.415. The van der Waals surface area contributed by atoms with E-state index in [1.165, 1.54) is 0 Å². The largest absolute Gasteiger partial charge is 0.490 e. The molecule has 0 bridgehead atoms. The van der Waals surface area contributed by atoms with Gasteiger partial charge >= 0.3 is 0 Å². The molecule has 19 heavy (non-hydrogen) atoms. The van der Waals surface area contributed by atoms with Crippen LogP contribution in [-0.4, -0.2) is 26.4 Å². The number of rotatable bonds is 8. The highest BCUT2D eigenvalue weighted by molar-refractivity contribution is 5.73. The summed E-state index contributed by atoms with van der Waals surface area (Å²) in [5.41, 5.74) is 6.52. The molecule has 0 aromatic heterocycles. The Bertz CT molecular complexity index is 373. The van der Waals surface area contributed by atoms with E-state index < -0.39 is 0 Å². The lowest BCUT2D eigenvalue weighted by atomic mass is 10.2. The predicted octanol–water partition coefficient (Wildman–Crippen LogP) is 2.86. The molecular formula is C14H23NO4. The van der Waals surface area contributed by atoms with Crippen molar-refractivity contribution < 1.29 is 18.9 Å². The molecule has 0 atom stereocenters. The van der Waals surface area contributed by atoms with E-state index in [-0.39, 0.29) is 0 Å². The van der Waals surface area contributed by atoms with Gasteiger partial charge in [-0.3, -0.25) is 0 Å². The van der Waals surface area contributed by atoms with E-state index in [0.717, 1.165) is 0 Å². The van der Waals surface area contributed by atoms with Crippen LogP contribution in [0.1, 0.15) is 27.7 Å². The van der Waals surface area contributed by atoms with Gasteiger partial charge in [0.25, 0.3) is 0 Å². The van der Waals surface area contributed by atoms with Crippen LogP contribution in [-0.2, 0) is 0 Å². The number of ether oxygens (including phenoxy) is 4. The van der Waals surface area contributed by atoms with Crippen LogP contribution in [0.5, 0.6) is 23.0 Å². The predicted molar refractivity (Wildman–Crippen MR) is 75.5 cm³/mol. The van der Waals surface area contributed by atoms with E-state index in [2.05, 4.69) is 0 Å². The summed E-state index contributed by atoms with van der Waals surface area (Å²) < 4.78 is 22.2. The van der Waals surface area contributed by atoms with Crippen molar-refractivity contribution in [2.45, 2.75) is 27.7 Å². The van der Waals surface area contributed by atoms with Crippen molar-refractivity contribution in [3.63, 3.8) is 0 Å². The van der Waals surface area contributed by atoms with Crippen molar-refractivity contribution in [2.24, 2.45) is 0 Å². The second-order valence-corrected chi connectivity index (χ2v) is 3.68. The van der Waals surface area contributed by atoms with E-state index in [1.54, 1.807) is 6.07 Å². The zero-order chi connectivity index (χ0) is 14.3. The maximum atomic E-state index is 6.11. The zero-order valence-electron chi connectivity index (χ0n) is 12.1. The van der Waals surface area contributed by atoms with Gasteiger partial charge in [0.15, 0.2) is 23.0 Å². The molecular weight excluding hydrogens is 246 g/mol. The lowest BCUT2D eigenvalue weighted by Crippen LogP contribution is -2.07. The highest BCUT2D eigenvalue weighted by atomic mass is 16.5. The number of anilines is 1. The Morgan fingerprint density at radius 2 is 1.11 bits per heavy atom. The third-order valence-electron chi connectivity index (χ3n) is 2.38. The molecule has 5 heteroatoms. The Balaban J connectivity index is 3.31. The summed E-state index contributed by atoms with van der Waals surface area (Å²) >= 11 is 0. The molecule has 0 aliphatic rings. The van der Waals surface area contributed by atoms with Gasteiger partial charge in [-0.2, -0.15) is 0 Å². The molecule has 0 unspecified atom stereocenters. The van der Waals surface area contributed by atoms with Crippen LogP contribution < -0.4 is 24.7 Å².